The lowest BCUT2D eigenvalue weighted by molar-refractivity contribution is 0.0503. The predicted octanol–water partition coefficient (Wildman–Crippen LogP) is 3.33. The molecule has 1 aliphatic rings. The van der Waals surface area contributed by atoms with Crippen molar-refractivity contribution in [1.29, 1.82) is 0 Å². The molecule has 1 aliphatic carbocycles. The maximum atomic E-state index is 12.0. The largest absolute Gasteiger partial charge is 0.444 e. The number of benzene rings is 1. The van der Waals surface area contributed by atoms with Crippen LogP contribution in [0.25, 0.3) is 11.4 Å². The summed E-state index contributed by atoms with van der Waals surface area (Å²) < 4.78 is 5.37. The van der Waals surface area contributed by atoms with Gasteiger partial charge in [-0.15, -0.1) is 0 Å². The zero-order chi connectivity index (χ0) is 17.9. The van der Waals surface area contributed by atoms with Gasteiger partial charge in [-0.1, -0.05) is 12.1 Å². The van der Waals surface area contributed by atoms with Crippen molar-refractivity contribution in [1.82, 2.24) is 20.5 Å². The third kappa shape index (κ3) is 4.71. The van der Waals surface area contributed by atoms with Crippen LogP contribution in [0.2, 0.25) is 0 Å². The minimum Gasteiger partial charge on any atom is -0.444 e. The van der Waals surface area contributed by atoms with Crippen molar-refractivity contribution in [3.63, 3.8) is 0 Å². The number of anilines is 1. The molecule has 0 unspecified atom stereocenters. The van der Waals surface area contributed by atoms with E-state index in [1.807, 2.05) is 45.0 Å². The maximum Gasteiger partial charge on any atom is 0.407 e. The molecule has 134 valence electrons. The van der Waals surface area contributed by atoms with Gasteiger partial charge in [-0.3, -0.25) is 5.10 Å². The maximum absolute atomic E-state index is 12.0. The summed E-state index contributed by atoms with van der Waals surface area (Å²) in [5, 5.41) is 13.3. The van der Waals surface area contributed by atoms with Crippen molar-refractivity contribution in [3.8, 4) is 11.4 Å². The van der Waals surface area contributed by atoms with Gasteiger partial charge in [0.05, 0.1) is 6.04 Å². The molecular formula is C18H25N5O2. The fraction of sp³-hybridized carbons (Fsp3) is 0.500. The summed E-state index contributed by atoms with van der Waals surface area (Å²) in [5.74, 6) is 0.735. The van der Waals surface area contributed by atoms with Gasteiger partial charge in [0.15, 0.2) is 5.82 Å². The number of alkyl carbamates (subject to hydrolysis) is 1. The Balaban J connectivity index is 1.64. The second-order valence-corrected chi connectivity index (χ2v) is 7.35. The van der Waals surface area contributed by atoms with Gasteiger partial charge in [-0.25, -0.2) is 9.78 Å². The van der Waals surface area contributed by atoms with Crippen molar-refractivity contribution in [2.75, 3.05) is 5.32 Å². The van der Waals surface area contributed by atoms with Gasteiger partial charge in [0.1, 0.15) is 11.9 Å². The zero-order valence-corrected chi connectivity index (χ0v) is 14.9. The molecule has 1 saturated carbocycles. The summed E-state index contributed by atoms with van der Waals surface area (Å²) in [6.07, 6.45) is 4.15. The minimum atomic E-state index is -0.489. The van der Waals surface area contributed by atoms with Crippen molar-refractivity contribution >= 4 is 11.8 Å². The highest BCUT2D eigenvalue weighted by atomic mass is 16.6. The number of aromatic nitrogens is 3. The first-order chi connectivity index (χ1) is 11.9. The van der Waals surface area contributed by atoms with E-state index >= 15 is 0 Å². The van der Waals surface area contributed by atoms with E-state index in [4.69, 9.17) is 4.74 Å². The van der Waals surface area contributed by atoms with Crippen molar-refractivity contribution in [2.24, 2.45) is 0 Å². The molecule has 0 bridgehead atoms. The number of carbonyl (C=O) groups is 1. The Labute approximate surface area is 147 Å². The molecule has 0 aliphatic heterocycles. The third-order valence-corrected chi connectivity index (χ3v) is 4.12. The molecule has 7 nitrogen and oxygen atoms in total. The van der Waals surface area contributed by atoms with E-state index in [-0.39, 0.29) is 18.2 Å². The quantitative estimate of drug-likeness (QED) is 0.792. The topological polar surface area (TPSA) is 91.9 Å². The summed E-state index contributed by atoms with van der Waals surface area (Å²) in [7, 11) is 0. The van der Waals surface area contributed by atoms with Crippen LogP contribution < -0.4 is 10.6 Å². The van der Waals surface area contributed by atoms with Crippen LogP contribution in [-0.4, -0.2) is 39.0 Å². The molecule has 1 heterocycles. The molecule has 1 fully saturated rings. The van der Waals surface area contributed by atoms with Crippen molar-refractivity contribution in [3.05, 3.63) is 30.6 Å². The van der Waals surface area contributed by atoms with Gasteiger partial charge in [0, 0.05) is 17.3 Å². The number of aromatic amines is 1. The predicted molar refractivity (Wildman–Crippen MR) is 96.2 cm³/mol. The molecule has 25 heavy (non-hydrogen) atoms. The normalized spacial score (nSPS) is 20.3. The Morgan fingerprint density at radius 2 is 2.08 bits per heavy atom. The Morgan fingerprint density at radius 1 is 1.28 bits per heavy atom. The third-order valence-electron chi connectivity index (χ3n) is 4.12. The number of ether oxygens (including phenoxy) is 1. The van der Waals surface area contributed by atoms with Crippen LogP contribution >= 0.6 is 0 Å². The monoisotopic (exact) mass is 343 g/mol. The summed E-state index contributed by atoms with van der Waals surface area (Å²) in [4.78, 5) is 16.2. The Hall–Kier alpha value is -2.57. The fourth-order valence-electron chi connectivity index (χ4n) is 3.08. The van der Waals surface area contributed by atoms with E-state index in [9.17, 15) is 4.79 Å². The number of hydrogen-bond acceptors (Lipinski definition) is 5. The number of hydrogen-bond donors (Lipinski definition) is 3. The molecule has 3 N–H and O–H groups in total. The second kappa shape index (κ2) is 7.13. The Kier molecular flexibility index (Phi) is 4.92. The van der Waals surface area contributed by atoms with Crippen molar-refractivity contribution in [2.45, 2.75) is 57.7 Å². The van der Waals surface area contributed by atoms with E-state index in [2.05, 4.69) is 25.8 Å². The van der Waals surface area contributed by atoms with Crippen LogP contribution in [0.3, 0.4) is 0 Å². The first-order valence-corrected chi connectivity index (χ1v) is 8.62. The van der Waals surface area contributed by atoms with E-state index in [1.165, 1.54) is 6.33 Å². The number of nitrogens with one attached hydrogen (secondary N) is 3. The van der Waals surface area contributed by atoms with E-state index in [0.717, 1.165) is 36.3 Å². The number of carbonyl (C=O) groups excluding carboxylic acids is 1. The van der Waals surface area contributed by atoms with Gasteiger partial charge in [-0.2, -0.15) is 5.10 Å². The molecular weight excluding hydrogens is 318 g/mol. The molecule has 0 radical (unpaired) electrons. The average molecular weight is 343 g/mol. The molecule has 1 aromatic carbocycles. The van der Waals surface area contributed by atoms with Crippen LogP contribution in [0, 0.1) is 0 Å². The summed E-state index contributed by atoms with van der Waals surface area (Å²) in [6.45, 7) is 5.60. The SMILES string of the molecule is CC(C)(C)OC(=O)N[C@@H]1CCC[C@H]1Nc1cccc(-c2ncn[nH]2)c1. The molecule has 1 amide bonds. The number of rotatable bonds is 4. The van der Waals surface area contributed by atoms with Gasteiger partial charge < -0.3 is 15.4 Å². The molecule has 3 rings (SSSR count). The number of nitrogens with zero attached hydrogens (tertiary/aromatic N) is 2. The lowest BCUT2D eigenvalue weighted by atomic mass is 10.1. The molecule has 0 saturated heterocycles. The van der Waals surface area contributed by atoms with Crippen LogP contribution in [-0.2, 0) is 4.74 Å². The van der Waals surface area contributed by atoms with Gasteiger partial charge in [0.25, 0.3) is 0 Å². The zero-order valence-electron chi connectivity index (χ0n) is 14.9. The molecule has 2 aromatic rings. The summed E-state index contributed by atoms with van der Waals surface area (Å²) >= 11 is 0. The Morgan fingerprint density at radius 3 is 2.80 bits per heavy atom. The smallest absolute Gasteiger partial charge is 0.407 e. The fourth-order valence-corrected chi connectivity index (χ4v) is 3.08. The minimum absolute atomic E-state index is 0.0591. The second-order valence-electron chi connectivity index (χ2n) is 7.35. The first kappa shape index (κ1) is 17.3. The number of H-pyrrole nitrogens is 1. The molecule has 7 heteroatoms. The lowest BCUT2D eigenvalue weighted by Gasteiger charge is -2.26. The number of amides is 1. The van der Waals surface area contributed by atoms with Crippen molar-refractivity contribution < 1.29 is 9.53 Å². The standard InChI is InChI=1S/C18H25N5O2/c1-18(2,3)25-17(24)22-15-9-5-8-14(15)21-13-7-4-6-12(10-13)16-19-11-20-23-16/h4,6-7,10-11,14-15,21H,5,8-9H2,1-3H3,(H,22,24)(H,19,20,23)/t14-,15-/m1/s1. The lowest BCUT2D eigenvalue weighted by Crippen LogP contribution is -2.45. The highest BCUT2D eigenvalue weighted by Crippen LogP contribution is 2.25. The Bertz CT molecular complexity index is 709. The molecule has 2 atom stereocenters. The first-order valence-electron chi connectivity index (χ1n) is 8.62. The van der Waals surface area contributed by atoms with E-state index in [0.29, 0.717) is 0 Å². The molecule has 0 spiro atoms. The van der Waals surface area contributed by atoms with Gasteiger partial charge in [-0.05, 0) is 52.2 Å². The van der Waals surface area contributed by atoms with Gasteiger partial charge >= 0.3 is 6.09 Å². The van der Waals surface area contributed by atoms with Crippen LogP contribution in [0.4, 0.5) is 10.5 Å². The summed E-state index contributed by atoms with van der Waals surface area (Å²) in [5.41, 5.74) is 1.48. The van der Waals surface area contributed by atoms with Crippen LogP contribution in [0.1, 0.15) is 40.0 Å². The highest BCUT2D eigenvalue weighted by molar-refractivity contribution is 5.68. The summed E-state index contributed by atoms with van der Waals surface area (Å²) in [6, 6.07) is 8.25. The average Bonchev–Trinajstić information content (AvgIpc) is 3.18. The van der Waals surface area contributed by atoms with Crippen LogP contribution in [0.5, 0.6) is 0 Å². The van der Waals surface area contributed by atoms with E-state index in [1.54, 1.807) is 0 Å². The molecule has 1 aromatic heterocycles. The van der Waals surface area contributed by atoms with Crippen LogP contribution in [0.15, 0.2) is 30.6 Å². The highest BCUT2D eigenvalue weighted by Gasteiger charge is 2.30. The van der Waals surface area contributed by atoms with Gasteiger partial charge in [0.2, 0.25) is 0 Å². The van der Waals surface area contributed by atoms with E-state index < -0.39 is 5.60 Å².